The van der Waals surface area contributed by atoms with Crippen LogP contribution >= 0.6 is 0 Å². The molecule has 0 aliphatic rings. The first-order chi connectivity index (χ1) is 11.1. The Bertz CT molecular complexity index is 250. The average molecular weight is 341 g/mol. The molecule has 0 aromatic rings. The van der Waals surface area contributed by atoms with Crippen LogP contribution in [0.3, 0.4) is 0 Å². The minimum absolute atomic E-state index is 0.137. The lowest BCUT2D eigenvalue weighted by Crippen LogP contribution is -2.22. The Morgan fingerprint density at radius 2 is 1.04 bits per heavy atom. The molecule has 0 heterocycles. The molecule has 0 saturated heterocycles. The van der Waals surface area contributed by atoms with Crippen LogP contribution in [0.4, 0.5) is 0 Å². The maximum Gasteiger partial charge on any atom is 0.146 e. The van der Waals surface area contributed by atoms with Crippen molar-refractivity contribution in [3.63, 3.8) is 0 Å². The van der Waals surface area contributed by atoms with Crippen molar-refractivity contribution in [3.05, 3.63) is 12.7 Å². The molecule has 0 bridgehead atoms. The van der Waals surface area contributed by atoms with E-state index in [1.54, 1.807) is 0 Å². The number of hydrogen-bond acceptors (Lipinski definition) is 1. The van der Waals surface area contributed by atoms with E-state index in [-0.39, 0.29) is 5.60 Å². The SMILES string of the molecule is C=CCCCCCCCCCCCCCCCCC(C)(C)O[SiH3]. The summed E-state index contributed by atoms with van der Waals surface area (Å²) in [4.78, 5) is 0. The molecule has 0 aromatic carbocycles. The van der Waals surface area contributed by atoms with Crippen LogP contribution in [0.15, 0.2) is 12.7 Å². The molecule has 0 fully saturated rings. The summed E-state index contributed by atoms with van der Waals surface area (Å²) in [7, 11) is 0.865. The smallest absolute Gasteiger partial charge is 0.146 e. The lowest BCUT2D eigenvalue weighted by Gasteiger charge is -2.23. The number of rotatable bonds is 18. The van der Waals surface area contributed by atoms with Crippen LogP contribution in [0.25, 0.3) is 0 Å². The molecule has 0 rings (SSSR count). The Kier molecular flexibility index (Phi) is 16.7. The van der Waals surface area contributed by atoms with E-state index in [0.29, 0.717) is 0 Å². The van der Waals surface area contributed by atoms with Gasteiger partial charge in [-0.3, -0.25) is 0 Å². The number of hydrogen-bond donors (Lipinski definition) is 0. The van der Waals surface area contributed by atoms with E-state index < -0.39 is 0 Å². The molecular formula is C21H44OSi. The van der Waals surface area contributed by atoms with Crippen molar-refractivity contribution >= 4 is 10.5 Å². The summed E-state index contributed by atoms with van der Waals surface area (Å²) in [6.45, 7) is 8.22. The van der Waals surface area contributed by atoms with Crippen LogP contribution in [0.5, 0.6) is 0 Å². The molecule has 0 aliphatic carbocycles. The van der Waals surface area contributed by atoms with Crippen molar-refractivity contribution < 1.29 is 4.43 Å². The summed E-state index contributed by atoms with van der Waals surface area (Å²) in [6.07, 6.45) is 24.4. The van der Waals surface area contributed by atoms with Crippen LogP contribution in [-0.2, 0) is 4.43 Å². The lowest BCUT2D eigenvalue weighted by atomic mass is 9.99. The van der Waals surface area contributed by atoms with E-state index in [9.17, 15) is 0 Å². The van der Waals surface area contributed by atoms with Gasteiger partial charge >= 0.3 is 0 Å². The average Bonchev–Trinajstić information content (AvgIpc) is 2.54. The van der Waals surface area contributed by atoms with Crippen LogP contribution in [0.2, 0.25) is 0 Å². The largest absolute Gasteiger partial charge is 0.423 e. The van der Waals surface area contributed by atoms with Gasteiger partial charge in [0.2, 0.25) is 0 Å². The predicted octanol–water partition coefficient (Wildman–Crippen LogP) is 6.49. The topological polar surface area (TPSA) is 9.23 Å². The highest BCUT2D eigenvalue weighted by Crippen LogP contribution is 2.18. The van der Waals surface area contributed by atoms with Crippen molar-refractivity contribution in [2.24, 2.45) is 0 Å². The Hall–Kier alpha value is -0.0831. The molecule has 0 radical (unpaired) electrons. The second-order valence-electron chi connectivity index (χ2n) is 7.74. The summed E-state index contributed by atoms with van der Waals surface area (Å²) in [5.41, 5.74) is 0.137. The standard InChI is InChI=1S/C21H44OSi/c1-4-5-6-7-8-9-10-11-12-13-14-15-16-17-18-19-20-21(2,3)22-23/h4H,1,5-20H2,2-3,23H3. The second-order valence-corrected chi connectivity index (χ2v) is 8.15. The number of unbranched alkanes of at least 4 members (excludes halogenated alkanes) is 14. The zero-order valence-electron chi connectivity index (χ0n) is 16.5. The minimum atomic E-state index is 0.137. The fraction of sp³-hybridized carbons (Fsp3) is 0.905. The van der Waals surface area contributed by atoms with E-state index in [0.717, 1.165) is 10.5 Å². The molecule has 23 heavy (non-hydrogen) atoms. The molecule has 138 valence electrons. The third-order valence-corrected chi connectivity index (χ3v) is 6.09. The van der Waals surface area contributed by atoms with Gasteiger partial charge in [-0.1, -0.05) is 89.5 Å². The summed E-state index contributed by atoms with van der Waals surface area (Å²) in [5, 5.41) is 0. The third kappa shape index (κ3) is 18.1. The quantitative estimate of drug-likeness (QED) is 0.157. The monoisotopic (exact) mass is 340 g/mol. The van der Waals surface area contributed by atoms with E-state index in [1.807, 2.05) is 6.08 Å². The number of allylic oxidation sites excluding steroid dienone is 1. The fourth-order valence-corrected chi connectivity index (χ4v) is 3.27. The molecule has 0 N–H and O–H groups in total. The maximum atomic E-state index is 5.60. The van der Waals surface area contributed by atoms with Crippen LogP contribution in [0.1, 0.15) is 117 Å². The molecule has 0 aromatic heterocycles. The molecule has 0 unspecified atom stereocenters. The maximum absolute atomic E-state index is 5.60. The van der Waals surface area contributed by atoms with Gasteiger partial charge < -0.3 is 4.43 Å². The minimum Gasteiger partial charge on any atom is -0.423 e. The van der Waals surface area contributed by atoms with Gasteiger partial charge in [-0.05, 0) is 33.1 Å². The van der Waals surface area contributed by atoms with Gasteiger partial charge in [-0.2, -0.15) is 0 Å². The van der Waals surface area contributed by atoms with Gasteiger partial charge in [0.05, 0.1) is 0 Å². The molecule has 1 nitrogen and oxygen atoms in total. The van der Waals surface area contributed by atoms with Gasteiger partial charge in [-0.15, -0.1) is 6.58 Å². The van der Waals surface area contributed by atoms with E-state index in [2.05, 4.69) is 20.4 Å². The second kappa shape index (κ2) is 16.8. The third-order valence-electron chi connectivity index (χ3n) is 4.99. The fourth-order valence-electron chi connectivity index (χ4n) is 3.06. The predicted molar refractivity (Wildman–Crippen MR) is 109 cm³/mol. The summed E-state index contributed by atoms with van der Waals surface area (Å²) < 4.78 is 5.60. The van der Waals surface area contributed by atoms with Gasteiger partial charge in [0, 0.05) is 5.60 Å². The van der Waals surface area contributed by atoms with Crippen LogP contribution in [-0.4, -0.2) is 16.1 Å². The van der Waals surface area contributed by atoms with Gasteiger partial charge in [0.25, 0.3) is 0 Å². The zero-order chi connectivity index (χ0) is 17.2. The highest BCUT2D eigenvalue weighted by molar-refractivity contribution is 5.98. The van der Waals surface area contributed by atoms with Crippen molar-refractivity contribution in [3.8, 4) is 0 Å². The van der Waals surface area contributed by atoms with Gasteiger partial charge in [-0.25, -0.2) is 0 Å². The molecule has 0 aliphatic heterocycles. The first kappa shape index (κ1) is 22.9. The van der Waals surface area contributed by atoms with Crippen LogP contribution in [0, 0.1) is 0 Å². The van der Waals surface area contributed by atoms with E-state index >= 15 is 0 Å². The van der Waals surface area contributed by atoms with Gasteiger partial charge in [0.15, 0.2) is 0 Å². The zero-order valence-corrected chi connectivity index (χ0v) is 18.5. The van der Waals surface area contributed by atoms with E-state index in [1.165, 1.54) is 103 Å². The highest BCUT2D eigenvalue weighted by Gasteiger charge is 2.13. The Balaban J connectivity index is 3.07. The van der Waals surface area contributed by atoms with Gasteiger partial charge in [0.1, 0.15) is 10.5 Å². The summed E-state index contributed by atoms with van der Waals surface area (Å²) in [6, 6.07) is 0. The normalized spacial score (nSPS) is 11.9. The van der Waals surface area contributed by atoms with Crippen molar-refractivity contribution in [1.29, 1.82) is 0 Å². The molecule has 0 atom stereocenters. The molecule has 2 heteroatoms. The Morgan fingerprint density at radius 3 is 1.39 bits per heavy atom. The van der Waals surface area contributed by atoms with E-state index in [4.69, 9.17) is 4.43 Å². The van der Waals surface area contributed by atoms with Crippen molar-refractivity contribution in [1.82, 2.24) is 0 Å². The molecule has 0 amide bonds. The first-order valence-corrected chi connectivity index (χ1v) is 11.1. The highest BCUT2D eigenvalue weighted by atomic mass is 28.2. The van der Waals surface area contributed by atoms with Crippen molar-refractivity contribution in [2.75, 3.05) is 0 Å². The van der Waals surface area contributed by atoms with Crippen LogP contribution < -0.4 is 0 Å². The molecule has 0 spiro atoms. The summed E-state index contributed by atoms with van der Waals surface area (Å²) >= 11 is 0. The Labute approximate surface area is 150 Å². The molecular weight excluding hydrogens is 296 g/mol. The van der Waals surface area contributed by atoms with Crippen molar-refractivity contribution in [2.45, 2.75) is 122 Å². The first-order valence-electron chi connectivity index (χ1n) is 10.3. The Morgan fingerprint density at radius 1 is 0.696 bits per heavy atom. The molecule has 0 saturated carbocycles. The lowest BCUT2D eigenvalue weighted by molar-refractivity contribution is 0.109. The summed E-state index contributed by atoms with van der Waals surface area (Å²) in [5.74, 6) is 0.